The molecule has 20 heavy (non-hydrogen) atoms. The van der Waals surface area contributed by atoms with E-state index in [1.807, 2.05) is 4.90 Å². The Hall–Kier alpha value is -1.33. The third kappa shape index (κ3) is 3.22. The van der Waals surface area contributed by atoms with Crippen molar-refractivity contribution in [2.45, 2.75) is 38.3 Å². The first-order valence-corrected chi connectivity index (χ1v) is 6.76. The van der Waals surface area contributed by atoms with E-state index in [1.165, 1.54) is 6.07 Å². The van der Waals surface area contributed by atoms with Gasteiger partial charge in [-0.05, 0) is 38.8 Å². The second-order valence-corrected chi connectivity index (χ2v) is 5.70. The van der Waals surface area contributed by atoms with E-state index in [0.717, 1.165) is 12.1 Å². The van der Waals surface area contributed by atoms with Gasteiger partial charge in [0.05, 0.1) is 17.2 Å². The number of rotatable bonds is 3. The lowest BCUT2D eigenvalue weighted by Gasteiger charge is -2.38. The molecule has 0 aliphatic carbocycles. The van der Waals surface area contributed by atoms with E-state index in [-0.39, 0.29) is 11.3 Å². The summed E-state index contributed by atoms with van der Waals surface area (Å²) >= 11 is 0. The largest absolute Gasteiger partial charge is 0.390 e. The molecule has 0 bridgehead atoms. The van der Waals surface area contributed by atoms with E-state index in [0.29, 0.717) is 25.9 Å². The third-order valence-electron chi connectivity index (χ3n) is 4.00. The molecular formula is C15H19F2NO2. The Balaban J connectivity index is 2.09. The molecule has 5 heteroatoms. The van der Waals surface area contributed by atoms with E-state index in [9.17, 15) is 18.7 Å². The summed E-state index contributed by atoms with van der Waals surface area (Å²) in [7, 11) is 0. The Morgan fingerprint density at radius 3 is 2.50 bits per heavy atom. The molecule has 1 fully saturated rings. The van der Waals surface area contributed by atoms with Crippen molar-refractivity contribution < 1.29 is 18.7 Å². The van der Waals surface area contributed by atoms with Gasteiger partial charge in [-0.1, -0.05) is 0 Å². The summed E-state index contributed by atoms with van der Waals surface area (Å²) in [5.41, 5.74) is -0.781. The lowest BCUT2D eigenvalue weighted by molar-refractivity contribution is -0.0127. The molecule has 1 aromatic rings. The van der Waals surface area contributed by atoms with Crippen LogP contribution in [0, 0.1) is 11.6 Å². The van der Waals surface area contributed by atoms with Crippen LogP contribution in [0.25, 0.3) is 0 Å². The molecule has 0 saturated carbocycles. The fraction of sp³-hybridized carbons (Fsp3) is 0.533. The lowest BCUT2D eigenvalue weighted by Crippen LogP contribution is -2.48. The molecule has 0 aromatic heterocycles. The Bertz CT molecular complexity index is 507. The first kappa shape index (κ1) is 15.1. The summed E-state index contributed by atoms with van der Waals surface area (Å²) in [6, 6.07) is 2.51. The fourth-order valence-corrected chi connectivity index (χ4v) is 2.47. The molecule has 0 radical (unpaired) electrons. The van der Waals surface area contributed by atoms with Crippen LogP contribution in [0.4, 0.5) is 8.78 Å². The average Bonchev–Trinajstić information content (AvgIpc) is 2.37. The average molecular weight is 283 g/mol. The topological polar surface area (TPSA) is 40.5 Å². The third-order valence-corrected chi connectivity index (χ3v) is 4.00. The normalized spacial score (nSPS) is 20.6. The maximum absolute atomic E-state index is 13.6. The summed E-state index contributed by atoms with van der Waals surface area (Å²) in [6.07, 6.45) is 1.16. The van der Waals surface area contributed by atoms with Gasteiger partial charge in [-0.3, -0.25) is 9.69 Å². The second kappa shape index (κ2) is 5.58. The highest BCUT2D eigenvalue weighted by atomic mass is 19.1. The van der Waals surface area contributed by atoms with Crippen LogP contribution in [-0.4, -0.2) is 40.5 Å². The van der Waals surface area contributed by atoms with Crippen LogP contribution in [0.2, 0.25) is 0 Å². The summed E-state index contributed by atoms with van der Waals surface area (Å²) in [5.74, 6) is -1.88. The maximum Gasteiger partial charge on any atom is 0.182 e. The van der Waals surface area contributed by atoms with Crippen molar-refractivity contribution in [1.82, 2.24) is 4.90 Å². The molecule has 1 N–H and O–H groups in total. The standard InChI is InChI=1S/C15H19F2NO2/c1-10(18-7-5-15(2,20)6-8-18)14(19)12-4-3-11(16)9-13(12)17/h3-4,9-10,20H,5-8H2,1-2H3. The van der Waals surface area contributed by atoms with Gasteiger partial charge in [0.15, 0.2) is 5.78 Å². The molecule has 2 rings (SSSR count). The number of likely N-dealkylation sites (tertiary alicyclic amines) is 1. The first-order chi connectivity index (χ1) is 9.30. The van der Waals surface area contributed by atoms with Gasteiger partial charge in [-0.15, -0.1) is 0 Å². The zero-order valence-electron chi connectivity index (χ0n) is 11.7. The Morgan fingerprint density at radius 1 is 1.35 bits per heavy atom. The van der Waals surface area contributed by atoms with Crippen molar-refractivity contribution in [2.24, 2.45) is 0 Å². The van der Waals surface area contributed by atoms with Crippen LogP contribution in [0.1, 0.15) is 37.0 Å². The number of ketones is 1. The highest BCUT2D eigenvalue weighted by Gasteiger charge is 2.32. The number of Topliss-reactive ketones (excluding diaryl/α,β-unsaturated/α-hetero) is 1. The minimum Gasteiger partial charge on any atom is -0.390 e. The summed E-state index contributed by atoms with van der Waals surface area (Å²) in [6.45, 7) is 4.66. The Labute approximate surface area is 117 Å². The monoisotopic (exact) mass is 283 g/mol. The lowest BCUT2D eigenvalue weighted by atomic mass is 9.92. The number of hydrogen-bond acceptors (Lipinski definition) is 3. The van der Waals surface area contributed by atoms with E-state index >= 15 is 0 Å². The number of carbonyl (C=O) groups is 1. The summed E-state index contributed by atoms with van der Waals surface area (Å²) in [5, 5.41) is 9.89. The Morgan fingerprint density at radius 2 is 1.95 bits per heavy atom. The molecule has 1 heterocycles. The van der Waals surface area contributed by atoms with E-state index in [4.69, 9.17) is 0 Å². The zero-order valence-corrected chi connectivity index (χ0v) is 11.7. The van der Waals surface area contributed by atoms with Crippen molar-refractivity contribution in [3.63, 3.8) is 0 Å². The molecular weight excluding hydrogens is 264 g/mol. The molecule has 1 aromatic carbocycles. The Kier molecular flexibility index (Phi) is 4.20. The quantitative estimate of drug-likeness (QED) is 0.866. The number of nitrogens with zero attached hydrogens (tertiary/aromatic N) is 1. The van der Waals surface area contributed by atoms with Crippen LogP contribution < -0.4 is 0 Å². The van der Waals surface area contributed by atoms with Crippen LogP contribution in [-0.2, 0) is 0 Å². The molecule has 1 aliphatic rings. The minimum atomic E-state index is -0.828. The van der Waals surface area contributed by atoms with Gasteiger partial charge < -0.3 is 5.11 Å². The predicted molar refractivity (Wildman–Crippen MR) is 71.6 cm³/mol. The van der Waals surface area contributed by atoms with Crippen LogP contribution in [0.15, 0.2) is 18.2 Å². The van der Waals surface area contributed by atoms with Crippen molar-refractivity contribution in [1.29, 1.82) is 0 Å². The van der Waals surface area contributed by atoms with Crippen molar-refractivity contribution >= 4 is 5.78 Å². The second-order valence-electron chi connectivity index (χ2n) is 5.70. The number of benzene rings is 1. The molecule has 110 valence electrons. The van der Waals surface area contributed by atoms with Crippen molar-refractivity contribution in [3.8, 4) is 0 Å². The maximum atomic E-state index is 13.6. The predicted octanol–water partition coefficient (Wildman–Crippen LogP) is 2.38. The first-order valence-electron chi connectivity index (χ1n) is 6.76. The van der Waals surface area contributed by atoms with Gasteiger partial charge in [-0.25, -0.2) is 8.78 Å². The van der Waals surface area contributed by atoms with Crippen LogP contribution in [0.3, 0.4) is 0 Å². The van der Waals surface area contributed by atoms with Crippen molar-refractivity contribution in [3.05, 3.63) is 35.4 Å². The van der Waals surface area contributed by atoms with E-state index in [2.05, 4.69) is 0 Å². The molecule has 1 unspecified atom stereocenters. The molecule has 0 spiro atoms. The number of piperidine rings is 1. The number of carbonyl (C=O) groups excluding carboxylic acids is 1. The minimum absolute atomic E-state index is 0.0868. The highest BCUT2D eigenvalue weighted by Crippen LogP contribution is 2.24. The van der Waals surface area contributed by atoms with E-state index in [1.54, 1.807) is 13.8 Å². The molecule has 1 atom stereocenters. The number of hydrogen-bond donors (Lipinski definition) is 1. The SMILES string of the molecule is CC(C(=O)c1ccc(F)cc1F)N1CCC(C)(O)CC1. The summed E-state index contributed by atoms with van der Waals surface area (Å²) < 4.78 is 26.5. The molecule has 1 aliphatic heterocycles. The van der Waals surface area contributed by atoms with Gasteiger partial charge in [-0.2, -0.15) is 0 Å². The van der Waals surface area contributed by atoms with Gasteiger partial charge in [0.2, 0.25) is 0 Å². The smallest absolute Gasteiger partial charge is 0.182 e. The molecule has 0 amide bonds. The number of aliphatic hydroxyl groups is 1. The van der Waals surface area contributed by atoms with Crippen LogP contribution in [0.5, 0.6) is 0 Å². The molecule has 1 saturated heterocycles. The fourth-order valence-electron chi connectivity index (χ4n) is 2.47. The van der Waals surface area contributed by atoms with E-state index < -0.39 is 23.3 Å². The van der Waals surface area contributed by atoms with Gasteiger partial charge >= 0.3 is 0 Å². The molecule has 3 nitrogen and oxygen atoms in total. The van der Waals surface area contributed by atoms with Crippen LogP contribution >= 0.6 is 0 Å². The van der Waals surface area contributed by atoms with Gasteiger partial charge in [0, 0.05) is 19.2 Å². The highest BCUT2D eigenvalue weighted by molar-refractivity contribution is 6.00. The van der Waals surface area contributed by atoms with Crippen molar-refractivity contribution in [2.75, 3.05) is 13.1 Å². The van der Waals surface area contributed by atoms with Gasteiger partial charge in [0.1, 0.15) is 11.6 Å². The zero-order chi connectivity index (χ0) is 14.9. The summed E-state index contributed by atoms with van der Waals surface area (Å²) in [4.78, 5) is 14.2. The van der Waals surface area contributed by atoms with Gasteiger partial charge in [0.25, 0.3) is 0 Å². The number of halogens is 2.